The Balaban J connectivity index is 0.00000196. The van der Waals surface area contributed by atoms with E-state index in [0.717, 1.165) is 10.9 Å². The topological polar surface area (TPSA) is 0 Å². The van der Waals surface area contributed by atoms with Crippen LogP contribution in [-0.2, 0) is 6.42 Å². The Hall–Kier alpha value is -0.790. The molecule has 1 nitrogen and oxygen atoms in total. The third kappa shape index (κ3) is 5.60. The van der Waals surface area contributed by atoms with Gasteiger partial charge in [-0.25, -0.2) is 0 Å². The van der Waals surface area contributed by atoms with Crippen molar-refractivity contribution in [3.05, 3.63) is 42.0 Å². The van der Waals surface area contributed by atoms with Gasteiger partial charge in [0, 0.05) is 6.42 Å². The van der Waals surface area contributed by atoms with Crippen molar-refractivity contribution in [2.24, 2.45) is 0 Å². The van der Waals surface area contributed by atoms with Crippen LogP contribution in [0.5, 0.6) is 0 Å². The number of rotatable bonds is 4. The van der Waals surface area contributed by atoms with Crippen LogP contribution in [-0.4, -0.2) is 32.2 Å². The van der Waals surface area contributed by atoms with Crippen LogP contribution in [0, 0.1) is 0 Å². The van der Waals surface area contributed by atoms with Crippen molar-refractivity contribution < 1.29 is 16.9 Å². The molecule has 0 aliphatic carbocycles. The Bertz CT molecular complexity index is 295. The average Bonchev–Trinajstić information content (AvgIpc) is 2.14. The first-order chi connectivity index (χ1) is 6.51. The number of quaternary nitrogens is 1. The SMILES string of the molecule is C=Cc1ccc(CC[N+](C)(C)C)cc1.[Cl-]. The van der Waals surface area contributed by atoms with E-state index in [1.54, 1.807) is 0 Å². The van der Waals surface area contributed by atoms with Crippen molar-refractivity contribution in [2.75, 3.05) is 27.7 Å². The second kappa shape index (κ2) is 5.94. The average molecular weight is 226 g/mol. The Morgan fingerprint density at radius 3 is 2.07 bits per heavy atom. The van der Waals surface area contributed by atoms with Crippen molar-refractivity contribution in [1.82, 2.24) is 0 Å². The third-order valence-electron chi connectivity index (χ3n) is 2.29. The van der Waals surface area contributed by atoms with Gasteiger partial charge in [-0.1, -0.05) is 36.9 Å². The Labute approximate surface area is 99.4 Å². The van der Waals surface area contributed by atoms with Crippen LogP contribution in [0.3, 0.4) is 0 Å². The fraction of sp³-hybridized carbons (Fsp3) is 0.385. The van der Waals surface area contributed by atoms with Crippen LogP contribution in [0.4, 0.5) is 0 Å². The largest absolute Gasteiger partial charge is 1.00 e. The second-order valence-corrected chi connectivity index (χ2v) is 4.71. The van der Waals surface area contributed by atoms with Crippen molar-refractivity contribution in [2.45, 2.75) is 6.42 Å². The summed E-state index contributed by atoms with van der Waals surface area (Å²) in [6.07, 6.45) is 3.02. The van der Waals surface area contributed by atoms with Crippen molar-refractivity contribution >= 4 is 6.08 Å². The number of benzene rings is 1. The zero-order valence-electron chi connectivity index (χ0n) is 9.83. The van der Waals surface area contributed by atoms with Gasteiger partial charge in [0.05, 0.1) is 27.7 Å². The van der Waals surface area contributed by atoms with E-state index in [1.807, 2.05) is 6.08 Å². The maximum atomic E-state index is 3.74. The van der Waals surface area contributed by atoms with Gasteiger partial charge in [0.25, 0.3) is 0 Å². The Kier molecular flexibility index (Phi) is 5.63. The number of hydrogen-bond donors (Lipinski definition) is 0. The quantitative estimate of drug-likeness (QED) is 0.611. The van der Waals surface area contributed by atoms with E-state index in [9.17, 15) is 0 Å². The van der Waals surface area contributed by atoms with Crippen LogP contribution in [0.2, 0.25) is 0 Å². The highest BCUT2D eigenvalue weighted by Gasteiger charge is 2.06. The summed E-state index contributed by atoms with van der Waals surface area (Å²) in [5.41, 5.74) is 2.60. The maximum absolute atomic E-state index is 3.74. The van der Waals surface area contributed by atoms with Gasteiger partial charge in [0.2, 0.25) is 0 Å². The molecule has 0 aliphatic rings. The first kappa shape index (κ1) is 14.2. The van der Waals surface area contributed by atoms with Gasteiger partial charge in [0.15, 0.2) is 0 Å². The van der Waals surface area contributed by atoms with E-state index in [4.69, 9.17) is 0 Å². The molecule has 1 rings (SSSR count). The van der Waals surface area contributed by atoms with E-state index >= 15 is 0 Å². The highest BCUT2D eigenvalue weighted by atomic mass is 35.5. The van der Waals surface area contributed by atoms with Crippen molar-refractivity contribution in [3.8, 4) is 0 Å². The molecule has 0 bridgehead atoms. The normalized spacial score (nSPS) is 10.6. The Morgan fingerprint density at radius 1 is 1.13 bits per heavy atom. The van der Waals surface area contributed by atoms with Crippen molar-refractivity contribution in [1.29, 1.82) is 0 Å². The second-order valence-electron chi connectivity index (χ2n) is 4.71. The lowest BCUT2D eigenvalue weighted by atomic mass is 10.1. The monoisotopic (exact) mass is 225 g/mol. The zero-order chi connectivity index (χ0) is 10.6. The van der Waals surface area contributed by atoms with Crippen LogP contribution < -0.4 is 12.4 Å². The molecule has 0 aromatic heterocycles. The molecule has 0 N–H and O–H groups in total. The summed E-state index contributed by atoms with van der Waals surface area (Å²) in [6.45, 7) is 4.92. The molecule has 0 radical (unpaired) electrons. The highest BCUT2D eigenvalue weighted by molar-refractivity contribution is 5.47. The molecule has 0 atom stereocenters. The van der Waals surface area contributed by atoms with Crippen LogP contribution in [0.15, 0.2) is 30.8 Å². The summed E-state index contributed by atoms with van der Waals surface area (Å²) < 4.78 is 1.02. The van der Waals surface area contributed by atoms with E-state index in [-0.39, 0.29) is 12.4 Å². The lowest BCUT2D eigenvalue weighted by molar-refractivity contribution is -0.870. The zero-order valence-corrected chi connectivity index (χ0v) is 10.6. The fourth-order valence-electron chi connectivity index (χ4n) is 1.28. The summed E-state index contributed by atoms with van der Waals surface area (Å²) in [4.78, 5) is 0. The van der Waals surface area contributed by atoms with E-state index in [1.165, 1.54) is 17.7 Å². The molecule has 0 saturated heterocycles. The molecular weight excluding hydrogens is 206 g/mol. The van der Waals surface area contributed by atoms with E-state index in [0.29, 0.717) is 0 Å². The summed E-state index contributed by atoms with van der Waals surface area (Å²) >= 11 is 0. The molecule has 0 aliphatic heterocycles. The molecule has 1 aromatic rings. The predicted octanol–water partition coefficient (Wildman–Crippen LogP) is -0.418. The highest BCUT2D eigenvalue weighted by Crippen LogP contribution is 2.07. The van der Waals surface area contributed by atoms with Gasteiger partial charge in [-0.15, -0.1) is 0 Å². The van der Waals surface area contributed by atoms with E-state index in [2.05, 4.69) is 52.0 Å². The predicted molar refractivity (Wildman–Crippen MR) is 63.1 cm³/mol. The van der Waals surface area contributed by atoms with Crippen molar-refractivity contribution in [3.63, 3.8) is 0 Å². The van der Waals surface area contributed by atoms with Gasteiger partial charge < -0.3 is 16.9 Å². The van der Waals surface area contributed by atoms with Gasteiger partial charge in [-0.05, 0) is 11.1 Å². The molecule has 0 fully saturated rings. The molecule has 2 heteroatoms. The van der Waals surface area contributed by atoms with Gasteiger partial charge >= 0.3 is 0 Å². The molecule has 0 saturated carbocycles. The molecular formula is C13H20ClN. The third-order valence-corrected chi connectivity index (χ3v) is 2.29. The number of likely N-dealkylation sites (N-methyl/N-ethyl adjacent to an activating group) is 1. The first-order valence-corrected chi connectivity index (χ1v) is 5.03. The minimum Gasteiger partial charge on any atom is -1.00 e. The fourth-order valence-corrected chi connectivity index (χ4v) is 1.28. The van der Waals surface area contributed by atoms with Crippen LogP contribution in [0.25, 0.3) is 6.08 Å². The van der Waals surface area contributed by atoms with E-state index < -0.39 is 0 Å². The number of nitrogens with zero attached hydrogens (tertiary/aromatic N) is 1. The smallest absolute Gasteiger partial charge is 0.0821 e. The van der Waals surface area contributed by atoms with Gasteiger partial charge in [-0.2, -0.15) is 0 Å². The minimum atomic E-state index is 0. The molecule has 0 spiro atoms. The molecule has 1 aromatic carbocycles. The summed E-state index contributed by atoms with van der Waals surface area (Å²) in [5.74, 6) is 0. The Morgan fingerprint density at radius 2 is 1.67 bits per heavy atom. The molecule has 0 amide bonds. The first-order valence-electron chi connectivity index (χ1n) is 5.03. The lowest BCUT2D eigenvalue weighted by Crippen LogP contribution is -3.00. The summed E-state index contributed by atoms with van der Waals surface area (Å²) in [6, 6.07) is 8.62. The summed E-state index contributed by atoms with van der Waals surface area (Å²) in [5, 5.41) is 0. The molecule has 15 heavy (non-hydrogen) atoms. The number of halogens is 1. The maximum Gasteiger partial charge on any atom is 0.0821 e. The number of hydrogen-bond acceptors (Lipinski definition) is 0. The van der Waals surface area contributed by atoms with Gasteiger partial charge in [-0.3, -0.25) is 0 Å². The van der Waals surface area contributed by atoms with Gasteiger partial charge in [0.1, 0.15) is 0 Å². The van der Waals surface area contributed by atoms with Crippen LogP contribution in [0.1, 0.15) is 11.1 Å². The molecule has 0 heterocycles. The standard InChI is InChI=1S/C13H20N.ClH/c1-5-12-6-8-13(9-7-12)10-11-14(2,3)4;/h5-9H,1,10-11H2,2-4H3;1H/q+1;/p-1. The molecule has 0 unspecified atom stereocenters. The summed E-state index contributed by atoms with van der Waals surface area (Å²) in [7, 11) is 6.66. The molecule has 84 valence electrons. The van der Waals surface area contributed by atoms with Crippen LogP contribution >= 0.6 is 0 Å². The lowest BCUT2D eigenvalue weighted by Gasteiger charge is -2.23. The minimum absolute atomic E-state index is 0.